The van der Waals surface area contributed by atoms with Gasteiger partial charge in [-0.3, -0.25) is 4.79 Å². The van der Waals surface area contributed by atoms with Crippen molar-refractivity contribution in [1.29, 1.82) is 0 Å². The molecule has 15 heavy (non-hydrogen) atoms. The predicted molar refractivity (Wildman–Crippen MR) is 60.6 cm³/mol. The number of likely N-dealkylation sites (tertiary alicyclic amines) is 1. The maximum Gasteiger partial charge on any atom is 0.236 e. The zero-order chi connectivity index (χ0) is 10.7. The summed E-state index contributed by atoms with van der Waals surface area (Å²) in [7, 11) is 1.84. The van der Waals surface area contributed by atoms with Crippen molar-refractivity contribution in [1.82, 2.24) is 10.2 Å². The fraction of sp³-hybridized carbons (Fsp3) is 0.917. The van der Waals surface area contributed by atoms with E-state index in [-0.39, 0.29) is 5.91 Å². The van der Waals surface area contributed by atoms with Crippen LogP contribution in [0.25, 0.3) is 0 Å². The van der Waals surface area contributed by atoms with Crippen molar-refractivity contribution >= 4 is 5.91 Å². The van der Waals surface area contributed by atoms with Gasteiger partial charge in [-0.2, -0.15) is 0 Å². The molecule has 86 valence electrons. The van der Waals surface area contributed by atoms with Crippen LogP contribution in [0.15, 0.2) is 0 Å². The molecule has 3 nitrogen and oxygen atoms in total. The molecule has 2 rings (SSSR count). The summed E-state index contributed by atoms with van der Waals surface area (Å²) in [4.78, 5) is 13.8. The summed E-state index contributed by atoms with van der Waals surface area (Å²) < 4.78 is 0. The van der Waals surface area contributed by atoms with Crippen LogP contribution < -0.4 is 5.32 Å². The van der Waals surface area contributed by atoms with E-state index in [2.05, 4.69) is 10.2 Å². The normalized spacial score (nSPS) is 24.7. The van der Waals surface area contributed by atoms with Gasteiger partial charge in [0.15, 0.2) is 0 Å². The first-order valence-electron chi connectivity index (χ1n) is 6.18. The van der Waals surface area contributed by atoms with Crippen LogP contribution in [0.1, 0.15) is 38.5 Å². The highest BCUT2D eigenvalue weighted by atomic mass is 16.2. The molecule has 1 saturated heterocycles. The Bertz CT molecular complexity index is 234. The summed E-state index contributed by atoms with van der Waals surface area (Å²) in [5, 5.41) is 2.94. The average Bonchev–Trinajstić information content (AvgIpc) is 2.64. The Morgan fingerprint density at radius 3 is 2.67 bits per heavy atom. The van der Waals surface area contributed by atoms with E-state index < -0.39 is 0 Å². The minimum atomic E-state index is 0.278. The highest BCUT2D eigenvalue weighted by Gasteiger charge is 2.39. The molecule has 1 heterocycles. The van der Waals surface area contributed by atoms with Gasteiger partial charge >= 0.3 is 0 Å². The zero-order valence-corrected chi connectivity index (χ0v) is 9.72. The number of amides is 1. The van der Waals surface area contributed by atoms with E-state index in [4.69, 9.17) is 0 Å². The minimum Gasteiger partial charge on any atom is -0.341 e. The Morgan fingerprint density at radius 2 is 2.00 bits per heavy atom. The number of nitrogens with zero attached hydrogens (tertiary/aromatic N) is 1. The van der Waals surface area contributed by atoms with Gasteiger partial charge in [-0.1, -0.05) is 19.3 Å². The fourth-order valence-electron chi connectivity index (χ4n) is 3.12. The number of rotatable bonds is 2. The van der Waals surface area contributed by atoms with Crippen LogP contribution >= 0.6 is 0 Å². The molecule has 1 saturated carbocycles. The third kappa shape index (κ3) is 2.33. The van der Waals surface area contributed by atoms with Crippen LogP contribution in [0.4, 0.5) is 0 Å². The van der Waals surface area contributed by atoms with Crippen molar-refractivity contribution in [2.75, 3.05) is 26.7 Å². The smallest absolute Gasteiger partial charge is 0.236 e. The largest absolute Gasteiger partial charge is 0.341 e. The summed E-state index contributed by atoms with van der Waals surface area (Å²) in [5.74, 6) is 0.278. The van der Waals surface area contributed by atoms with Gasteiger partial charge in [-0.25, -0.2) is 0 Å². The fourth-order valence-corrected chi connectivity index (χ4v) is 3.12. The standard InChI is InChI=1S/C12H22N2O/c1-13-9-11(15)14-8-7-12(10-14)5-3-2-4-6-12/h13H,2-10H2,1H3. The van der Waals surface area contributed by atoms with Gasteiger partial charge < -0.3 is 10.2 Å². The van der Waals surface area contributed by atoms with Crippen LogP contribution in [0.3, 0.4) is 0 Å². The van der Waals surface area contributed by atoms with E-state index in [0.29, 0.717) is 12.0 Å². The maximum absolute atomic E-state index is 11.7. The van der Waals surface area contributed by atoms with Crippen molar-refractivity contribution in [3.63, 3.8) is 0 Å². The SMILES string of the molecule is CNCC(=O)N1CCC2(CCCCC2)C1. The summed E-state index contributed by atoms with van der Waals surface area (Å²) in [6.45, 7) is 2.50. The molecular weight excluding hydrogens is 188 g/mol. The maximum atomic E-state index is 11.7. The van der Waals surface area contributed by atoms with Gasteiger partial charge in [0.25, 0.3) is 0 Å². The van der Waals surface area contributed by atoms with Crippen LogP contribution in [-0.2, 0) is 4.79 Å². The molecule has 1 spiro atoms. The predicted octanol–water partition coefficient (Wildman–Crippen LogP) is 1.39. The van der Waals surface area contributed by atoms with Gasteiger partial charge in [-0.05, 0) is 31.7 Å². The van der Waals surface area contributed by atoms with Gasteiger partial charge in [0, 0.05) is 13.1 Å². The van der Waals surface area contributed by atoms with Crippen LogP contribution in [0.2, 0.25) is 0 Å². The molecule has 0 atom stereocenters. The van der Waals surface area contributed by atoms with Crippen LogP contribution in [0, 0.1) is 5.41 Å². The van der Waals surface area contributed by atoms with Gasteiger partial charge in [-0.15, -0.1) is 0 Å². The Balaban J connectivity index is 1.90. The van der Waals surface area contributed by atoms with E-state index in [1.54, 1.807) is 0 Å². The number of carbonyl (C=O) groups is 1. The Kier molecular flexibility index (Phi) is 3.29. The van der Waals surface area contributed by atoms with Crippen molar-refractivity contribution in [2.45, 2.75) is 38.5 Å². The molecule has 1 aliphatic carbocycles. The number of hydrogen-bond acceptors (Lipinski definition) is 2. The third-order valence-corrected chi connectivity index (χ3v) is 4.03. The molecular formula is C12H22N2O. The number of hydrogen-bond donors (Lipinski definition) is 1. The average molecular weight is 210 g/mol. The molecule has 0 aromatic heterocycles. The van der Waals surface area contributed by atoms with E-state index in [1.807, 2.05) is 7.05 Å². The molecule has 2 aliphatic rings. The molecule has 1 N–H and O–H groups in total. The highest BCUT2D eigenvalue weighted by molar-refractivity contribution is 5.78. The molecule has 1 amide bonds. The van der Waals surface area contributed by atoms with Gasteiger partial charge in [0.1, 0.15) is 0 Å². The van der Waals surface area contributed by atoms with E-state index in [1.165, 1.54) is 38.5 Å². The summed E-state index contributed by atoms with van der Waals surface area (Å²) in [6.07, 6.45) is 8.06. The molecule has 3 heteroatoms. The first kappa shape index (κ1) is 10.9. The first-order valence-corrected chi connectivity index (χ1v) is 6.18. The molecule has 0 aromatic carbocycles. The number of nitrogens with one attached hydrogen (secondary N) is 1. The van der Waals surface area contributed by atoms with Crippen LogP contribution in [-0.4, -0.2) is 37.5 Å². The van der Waals surface area contributed by atoms with E-state index in [0.717, 1.165) is 13.1 Å². The van der Waals surface area contributed by atoms with Gasteiger partial charge in [0.05, 0.1) is 6.54 Å². The zero-order valence-electron chi connectivity index (χ0n) is 9.72. The lowest BCUT2D eigenvalue weighted by Crippen LogP contribution is -2.37. The van der Waals surface area contributed by atoms with E-state index >= 15 is 0 Å². The monoisotopic (exact) mass is 210 g/mol. The Morgan fingerprint density at radius 1 is 1.27 bits per heavy atom. The van der Waals surface area contributed by atoms with E-state index in [9.17, 15) is 4.79 Å². The lowest BCUT2D eigenvalue weighted by Gasteiger charge is -2.33. The summed E-state index contributed by atoms with van der Waals surface area (Å²) in [6, 6.07) is 0. The molecule has 0 aromatic rings. The topological polar surface area (TPSA) is 32.3 Å². The van der Waals surface area contributed by atoms with Crippen LogP contribution in [0.5, 0.6) is 0 Å². The third-order valence-electron chi connectivity index (χ3n) is 4.03. The molecule has 0 radical (unpaired) electrons. The van der Waals surface area contributed by atoms with Crippen molar-refractivity contribution in [3.05, 3.63) is 0 Å². The first-order chi connectivity index (χ1) is 7.26. The second-order valence-electron chi connectivity index (χ2n) is 5.16. The summed E-state index contributed by atoms with van der Waals surface area (Å²) in [5.41, 5.74) is 0.502. The number of carbonyl (C=O) groups excluding carboxylic acids is 1. The van der Waals surface area contributed by atoms with Crippen molar-refractivity contribution < 1.29 is 4.79 Å². The highest BCUT2D eigenvalue weighted by Crippen LogP contribution is 2.43. The quantitative estimate of drug-likeness (QED) is 0.747. The lowest BCUT2D eigenvalue weighted by molar-refractivity contribution is -0.129. The minimum absolute atomic E-state index is 0.278. The molecule has 0 unspecified atom stereocenters. The van der Waals surface area contributed by atoms with Crippen molar-refractivity contribution in [3.8, 4) is 0 Å². The molecule has 1 aliphatic heterocycles. The van der Waals surface area contributed by atoms with Gasteiger partial charge in [0.2, 0.25) is 5.91 Å². The second-order valence-corrected chi connectivity index (χ2v) is 5.16. The second kappa shape index (κ2) is 4.52. The molecule has 0 bridgehead atoms. The van der Waals surface area contributed by atoms with Crippen molar-refractivity contribution in [2.24, 2.45) is 5.41 Å². The summed E-state index contributed by atoms with van der Waals surface area (Å²) >= 11 is 0. The molecule has 2 fully saturated rings. The Labute approximate surface area is 92.2 Å². The Hall–Kier alpha value is -0.570. The lowest BCUT2D eigenvalue weighted by atomic mass is 9.73. The number of likely N-dealkylation sites (N-methyl/N-ethyl adjacent to an activating group) is 1.